The zero-order valence-electron chi connectivity index (χ0n) is 17.8. The standard InChI is InChI=1S/C23H31FN4O/c1-5-25-23(27(4)17-19-10-14-21(24)15-11-19)26-16-18-8-12-20(13-9-18)22(29)28(6-2)7-3/h8-15H,5-7,16-17H2,1-4H3,(H,25,26). The number of hydrogen-bond acceptors (Lipinski definition) is 2. The monoisotopic (exact) mass is 398 g/mol. The van der Waals surface area contributed by atoms with Crippen LogP contribution in [-0.2, 0) is 13.1 Å². The molecule has 2 aromatic rings. The summed E-state index contributed by atoms with van der Waals surface area (Å²) in [6, 6.07) is 14.1. The molecule has 0 aliphatic rings. The second-order valence-corrected chi connectivity index (χ2v) is 6.83. The number of benzene rings is 2. The molecule has 0 aliphatic heterocycles. The average Bonchev–Trinajstić information content (AvgIpc) is 2.74. The summed E-state index contributed by atoms with van der Waals surface area (Å²) in [5, 5.41) is 3.29. The van der Waals surface area contributed by atoms with Gasteiger partial charge in [0.05, 0.1) is 6.54 Å². The largest absolute Gasteiger partial charge is 0.357 e. The molecule has 0 saturated carbocycles. The molecule has 2 aromatic carbocycles. The van der Waals surface area contributed by atoms with Gasteiger partial charge in [-0.25, -0.2) is 9.38 Å². The van der Waals surface area contributed by atoms with Crippen LogP contribution in [0.25, 0.3) is 0 Å². The first-order chi connectivity index (χ1) is 14.0. The lowest BCUT2D eigenvalue weighted by Gasteiger charge is -2.22. The molecule has 0 fully saturated rings. The van der Waals surface area contributed by atoms with Crippen molar-refractivity contribution in [2.24, 2.45) is 4.99 Å². The first kappa shape index (κ1) is 22.4. The van der Waals surface area contributed by atoms with Crippen LogP contribution in [0.5, 0.6) is 0 Å². The van der Waals surface area contributed by atoms with E-state index in [0.717, 1.165) is 23.6 Å². The molecule has 29 heavy (non-hydrogen) atoms. The topological polar surface area (TPSA) is 47.9 Å². The van der Waals surface area contributed by atoms with Crippen molar-refractivity contribution in [2.75, 3.05) is 26.7 Å². The zero-order chi connectivity index (χ0) is 21.2. The van der Waals surface area contributed by atoms with Gasteiger partial charge in [0.1, 0.15) is 5.82 Å². The third-order valence-corrected chi connectivity index (χ3v) is 4.69. The lowest BCUT2D eigenvalue weighted by atomic mass is 10.1. The number of carbonyl (C=O) groups is 1. The Balaban J connectivity index is 2.05. The van der Waals surface area contributed by atoms with Gasteiger partial charge in [-0.3, -0.25) is 4.79 Å². The maximum Gasteiger partial charge on any atom is 0.253 e. The van der Waals surface area contributed by atoms with Gasteiger partial charge in [0, 0.05) is 38.8 Å². The van der Waals surface area contributed by atoms with Crippen molar-refractivity contribution in [3.05, 3.63) is 71.0 Å². The summed E-state index contributed by atoms with van der Waals surface area (Å²) in [6.45, 7) is 9.28. The Morgan fingerprint density at radius 3 is 2.10 bits per heavy atom. The van der Waals surface area contributed by atoms with E-state index in [1.165, 1.54) is 12.1 Å². The molecular formula is C23H31FN4O. The number of carbonyl (C=O) groups excluding carboxylic acids is 1. The Morgan fingerprint density at radius 1 is 0.966 bits per heavy atom. The summed E-state index contributed by atoms with van der Waals surface area (Å²) < 4.78 is 13.1. The number of nitrogens with one attached hydrogen (secondary N) is 1. The predicted molar refractivity (Wildman–Crippen MR) is 116 cm³/mol. The molecule has 0 aromatic heterocycles. The molecule has 2 rings (SSSR count). The molecule has 156 valence electrons. The maximum atomic E-state index is 13.1. The van der Waals surface area contributed by atoms with Crippen LogP contribution in [0.4, 0.5) is 4.39 Å². The van der Waals surface area contributed by atoms with E-state index in [-0.39, 0.29) is 11.7 Å². The van der Waals surface area contributed by atoms with E-state index in [0.29, 0.717) is 31.7 Å². The van der Waals surface area contributed by atoms with E-state index in [1.54, 1.807) is 17.0 Å². The number of guanidine groups is 1. The molecular weight excluding hydrogens is 367 g/mol. The molecule has 1 amide bonds. The number of nitrogens with zero attached hydrogens (tertiary/aromatic N) is 3. The summed E-state index contributed by atoms with van der Waals surface area (Å²) in [6.07, 6.45) is 0. The highest BCUT2D eigenvalue weighted by Gasteiger charge is 2.12. The Kier molecular flexibility index (Phi) is 8.65. The first-order valence-electron chi connectivity index (χ1n) is 10.1. The van der Waals surface area contributed by atoms with E-state index in [9.17, 15) is 9.18 Å². The van der Waals surface area contributed by atoms with Crippen molar-refractivity contribution in [3.63, 3.8) is 0 Å². The molecule has 6 heteroatoms. The van der Waals surface area contributed by atoms with E-state index in [1.807, 2.05) is 57.0 Å². The molecule has 1 N–H and O–H groups in total. The van der Waals surface area contributed by atoms with Crippen LogP contribution in [0.1, 0.15) is 42.3 Å². The summed E-state index contributed by atoms with van der Waals surface area (Å²) in [5.74, 6) is 0.595. The van der Waals surface area contributed by atoms with E-state index >= 15 is 0 Å². The maximum absolute atomic E-state index is 13.1. The minimum atomic E-state index is -0.236. The Hall–Kier alpha value is -2.89. The lowest BCUT2D eigenvalue weighted by Crippen LogP contribution is -2.38. The molecule has 5 nitrogen and oxygen atoms in total. The summed E-state index contributed by atoms with van der Waals surface area (Å²) in [5.41, 5.74) is 2.74. The summed E-state index contributed by atoms with van der Waals surface area (Å²) in [7, 11) is 1.96. The van der Waals surface area contributed by atoms with Gasteiger partial charge in [-0.2, -0.15) is 0 Å². The number of halogens is 1. The molecule has 0 unspecified atom stereocenters. The van der Waals surface area contributed by atoms with E-state index in [4.69, 9.17) is 4.99 Å². The van der Waals surface area contributed by atoms with Crippen LogP contribution in [0.15, 0.2) is 53.5 Å². The van der Waals surface area contributed by atoms with Crippen molar-refractivity contribution in [3.8, 4) is 0 Å². The van der Waals surface area contributed by atoms with Crippen LogP contribution < -0.4 is 5.32 Å². The van der Waals surface area contributed by atoms with Gasteiger partial charge in [-0.05, 0) is 56.2 Å². The van der Waals surface area contributed by atoms with Gasteiger partial charge in [0.2, 0.25) is 0 Å². The minimum Gasteiger partial charge on any atom is -0.357 e. The van der Waals surface area contributed by atoms with Gasteiger partial charge in [-0.15, -0.1) is 0 Å². The zero-order valence-corrected chi connectivity index (χ0v) is 17.8. The van der Waals surface area contributed by atoms with Crippen molar-refractivity contribution < 1.29 is 9.18 Å². The van der Waals surface area contributed by atoms with Crippen molar-refractivity contribution in [2.45, 2.75) is 33.9 Å². The van der Waals surface area contributed by atoms with E-state index < -0.39 is 0 Å². The van der Waals surface area contributed by atoms with Crippen molar-refractivity contribution >= 4 is 11.9 Å². The van der Waals surface area contributed by atoms with Crippen LogP contribution in [0, 0.1) is 5.82 Å². The second-order valence-electron chi connectivity index (χ2n) is 6.83. The van der Waals surface area contributed by atoms with Gasteiger partial charge < -0.3 is 15.1 Å². The SMILES string of the molecule is CCNC(=NCc1ccc(C(=O)N(CC)CC)cc1)N(C)Cc1ccc(F)cc1. The highest BCUT2D eigenvalue weighted by molar-refractivity contribution is 5.94. The van der Waals surface area contributed by atoms with Crippen LogP contribution in [-0.4, -0.2) is 48.3 Å². The third kappa shape index (κ3) is 6.59. The predicted octanol–water partition coefficient (Wildman–Crippen LogP) is 3.91. The molecule has 0 saturated heterocycles. The fourth-order valence-electron chi connectivity index (χ4n) is 3.02. The highest BCUT2D eigenvalue weighted by atomic mass is 19.1. The molecule has 0 spiro atoms. The first-order valence-corrected chi connectivity index (χ1v) is 10.1. The quantitative estimate of drug-likeness (QED) is 0.542. The second kappa shape index (κ2) is 11.2. The van der Waals surface area contributed by atoms with Crippen LogP contribution >= 0.6 is 0 Å². The Bertz CT molecular complexity index is 799. The van der Waals surface area contributed by atoms with Crippen molar-refractivity contribution in [1.29, 1.82) is 0 Å². The molecule has 0 bridgehead atoms. The average molecular weight is 399 g/mol. The number of rotatable bonds is 8. The number of hydrogen-bond donors (Lipinski definition) is 1. The Morgan fingerprint density at radius 2 is 1.55 bits per heavy atom. The Labute approximate surface area is 173 Å². The molecule has 0 aliphatic carbocycles. The minimum absolute atomic E-state index is 0.0532. The smallest absolute Gasteiger partial charge is 0.253 e. The molecule has 0 heterocycles. The molecule has 0 atom stereocenters. The lowest BCUT2D eigenvalue weighted by molar-refractivity contribution is 0.0773. The fraction of sp³-hybridized carbons (Fsp3) is 0.391. The number of aliphatic imine (C=N–C) groups is 1. The van der Waals surface area contributed by atoms with Gasteiger partial charge in [-0.1, -0.05) is 24.3 Å². The van der Waals surface area contributed by atoms with E-state index in [2.05, 4.69) is 5.32 Å². The molecule has 0 radical (unpaired) electrons. The van der Waals surface area contributed by atoms with Gasteiger partial charge in [0.15, 0.2) is 5.96 Å². The summed E-state index contributed by atoms with van der Waals surface area (Å²) >= 11 is 0. The van der Waals surface area contributed by atoms with Crippen LogP contribution in [0.2, 0.25) is 0 Å². The van der Waals surface area contributed by atoms with Gasteiger partial charge in [0.25, 0.3) is 5.91 Å². The third-order valence-electron chi connectivity index (χ3n) is 4.69. The summed E-state index contributed by atoms with van der Waals surface area (Å²) in [4.78, 5) is 20.9. The number of amides is 1. The van der Waals surface area contributed by atoms with Crippen molar-refractivity contribution in [1.82, 2.24) is 15.1 Å². The highest BCUT2D eigenvalue weighted by Crippen LogP contribution is 2.10. The van der Waals surface area contributed by atoms with Gasteiger partial charge >= 0.3 is 0 Å². The van der Waals surface area contributed by atoms with Crippen LogP contribution in [0.3, 0.4) is 0 Å². The normalized spacial score (nSPS) is 11.3. The fourth-order valence-corrected chi connectivity index (χ4v) is 3.02.